The van der Waals surface area contributed by atoms with Crippen molar-refractivity contribution in [3.05, 3.63) is 33.3 Å². The highest BCUT2D eigenvalue weighted by atomic mass is 35.5. The third kappa shape index (κ3) is 5.71. The van der Waals surface area contributed by atoms with Crippen LogP contribution in [0.3, 0.4) is 0 Å². The third-order valence-electron chi connectivity index (χ3n) is 3.21. The zero-order valence-electron chi connectivity index (χ0n) is 12.5. The highest BCUT2D eigenvalue weighted by Crippen LogP contribution is 2.26. The van der Waals surface area contributed by atoms with Crippen molar-refractivity contribution in [2.75, 3.05) is 18.5 Å². The van der Waals surface area contributed by atoms with Gasteiger partial charge in [0.15, 0.2) is 10.2 Å². The Morgan fingerprint density at radius 1 is 1.38 bits per heavy atom. The number of nitrogens with zero attached hydrogens (tertiary/aromatic N) is 1. The molecule has 4 N–H and O–H groups in total. The quantitative estimate of drug-likeness (QED) is 0.350. The average Bonchev–Trinajstić information content (AvgIpc) is 3.06. The monoisotopic (exact) mass is 389 g/mol. The number of nitrogens with one attached hydrogen (secondary N) is 4. The van der Waals surface area contributed by atoms with E-state index in [-0.39, 0.29) is 16.9 Å². The molecular formula is C13H16ClN5O3S2. The number of benzene rings is 1. The van der Waals surface area contributed by atoms with Crippen molar-refractivity contribution >= 4 is 57.6 Å². The number of anilines is 1. The van der Waals surface area contributed by atoms with Crippen molar-refractivity contribution in [1.29, 1.82) is 0 Å². The fourth-order valence-electron chi connectivity index (χ4n) is 2.05. The minimum atomic E-state index is -0.514. The highest BCUT2D eigenvalue weighted by molar-refractivity contribution is 7.80. The SMILES string of the molecule is O=[N+]([O-])c1ccc(Cl)c(NC(=S)NNC(=S)NC[C@@H]2CCCO2)c1. The van der Waals surface area contributed by atoms with Crippen molar-refractivity contribution in [3.63, 3.8) is 0 Å². The molecule has 0 radical (unpaired) electrons. The molecule has 24 heavy (non-hydrogen) atoms. The predicted octanol–water partition coefficient (Wildman–Crippen LogP) is 2.09. The molecule has 1 aliphatic rings. The number of nitro groups is 1. The molecule has 0 unspecified atom stereocenters. The van der Waals surface area contributed by atoms with Crippen LogP contribution >= 0.6 is 36.0 Å². The lowest BCUT2D eigenvalue weighted by atomic mass is 10.2. The minimum absolute atomic E-state index is 0.0913. The van der Waals surface area contributed by atoms with Crippen LogP contribution in [0.1, 0.15) is 12.8 Å². The topological polar surface area (TPSA) is 100 Å². The first kappa shape index (κ1) is 18.6. The van der Waals surface area contributed by atoms with Gasteiger partial charge in [0.1, 0.15) is 0 Å². The molecule has 1 aromatic carbocycles. The smallest absolute Gasteiger partial charge is 0.271 e. The molecule has 1 fully saturated rings. The van der Waals surface area contributed by atoms with Crippen LogP contribution in [0.2, 0.25) is 5.02 Å². The lowest BCUT2D eigenvalue weighted by molar-refractivity contribution is -0.384. The zero-order chi connectivity index (χ0) is 17.5. The van der Waals surface area contributed by atoms with Crippen LogP contribution in [-0.4, -0.2) is 34.4 Å². The first-order valence-electron chi connectivity index (χ1n) is 7.12. The summed E-state index contributed by atoms with van der Waals surface area (Å²) < 4.78 is 5.47. The van der Waals surface area contributed by atoms with E-state index in [1.54, 1.807) is 0 Å². The van der Waals surface area contributed by atoms with Gasteiger partial charge in [0.25, 0.3) is 5.69 Å². The van der Waals surface area contributed by atoms with Gasteiger partial charge in [-0.15, -0.1) is 0 Å². The maximum Gasteiger partial charge on any atom is 0.271 e. The number of hydrogen-bond donors (Lipinski definition) is 4. The van der Waals surface area contributed by atoms with E-state index in [4.69, 9.17) is 40.8 Å². The Morgan fingerprint density at radius 2 is 2.12 bits per heavy atom. The van der Waals surface area contributed by atoms with Crippen LogP contribution in [0.4, 0.5) is 11.4 Å². The number of hydrogen-bond acceptors (Lipinski definition) is 5. The summed E-state index contributed by atoms with van der Waals surface area (Å²) in [6, 6.07) is 4.03. The Labute approximate surface area is 154 Å². The maximum absolute atomic E-state index is 10.8. The largest absolute Gasteiger partial charge is 0.376 e. The van der Waals surface area contributed by atoms with Crippen LogP contribution in [0.25, 0.3) is 0 Å². The number of non-ortho nitro benzene ring substituents is 1. The van der Waals surface area contributed by atoms with E-state index in [1.165, 1.54) is 18.2 Å². The van der Waals surface area contributed by atoms with Crippen LogP contribution in [0.15, 0.2) is 18.2 Å². The van der Waals surface area contributed by atoms with E-state index >= 15 is 0 Å². The molecule has 1 atom stereocenters. The van der Waals surface area contributed by atoms with Gasteiger partial charge in [-0.1, -0.05) is 11.6 Å². The molecule has 1 heterocycles. The van der Waals surface area contributed by atoms with E-state index in [2.05, 4.69) is 21.5 Å². The minimum Gasteiger partial charge on any atom is -0.376 e. The van der Waals surface area contributed by atoms with E-state index in [0.717, 1.165) is 19.4 Å². The maximum atomic E-state index is 10.8. The van der Waals surface area contributed by atoms with Crippen LogP contribution < -0.4 is 21.5 Å². The number of rotatable bonds is 4. The number of hydrazine groups is 1. The predicted molar refractivity (Wildman–Crippen MR) is 100 cm³/mol. The lowest BCUT2D eigenvalue weighted by Crippen LogP contribution is -2.49. The Hall–Kier alpha value is -1.75. The molecule has 130 valence electrons. The van der Waals surface area contributed by atoms with Gasteiger partial charge in [-0.05, 0) is 43.3 Å². The van der Waals surface area contributed by atoms with E-state index in [0.29, 0.717) is 22.4 Å². The van der Waals surface area contributed by atoms with Gasteiger partial charge in [-0.25, -0.2) is 0 Å². The standard InChI is InChI=1S/C13H16ClN5O3S2/c14-10-4-3-8(19(20)21)6-11(10)16-13(24)18-17-12(23)15-7-9-2-1-5-22-9/h3-4,6,9H,1-2,5,7H2,(H2,15,17,23)(H2,16,18,24)/t9-/m0/s1. The summed E-state index contributed by atoms with van der Waals surface area (Å²) in [7, 11) is 0. The molecule has 0 saturated carbocycles. The molecule has 0 aromatic heterocycles. The van der Waals surface area contributed by atoms with E-state index in [1.807, 2.05) is 0 Å². The second kappa shape index (κ2) is 8.92. The van der Waals surface area contributed by atoms with Crippen molar-refractivity contribution in [1.82, 2.24) is 16.2 Å². The molecule has 0 bridgehead atoms. The van der Waals surface area contributed by atoms with Crippen LogP contribution in [-0.2, 0) is 4.74 Å². The molecule has 0 aliphatic carbocycles. The second-order valence-electron chi connectivity index (χ2n) is 4.97. The van der Waals surface area contributed by atoms with E-state index in [9.17, 15) is 10.1 Å². The molecule has 2 rings (SSSR count). The Morgan fingerprint density at radius 3 is 2.79 bits per heavy atom. The Bertz CT molecular complexity index is 640. The Kier molecular flexibility index (Phi) is 6.91. The van der Waals surface area contributed by atoms with Gasteiger partial charge in [-0.3, -0.25) is 21.0 Å². The van der Waals surface area contributed by atoms with Crippen molar-refractivity contribution in [2.45, 2.75) is 18.9 Å². The molecule has 1 saturated heterocycles. The Balaban J connectivity index is 1.77. The van der Waals surface area contributed by atoms with Crippen molar-refractivity contribution < 1.29 is 9.66 Å². The van der Waals surface area contributed by atoms with Gasteiger partial charge in [0, 0.05) is 25.3 Å². The molecular weight excluding hydrogens is 374 g/mol. The fourth-order valence-corrected chi connectivity index (χ4v) is 2.51. The number of halogens is 1. The first-order chi connectivity index (χ1) is 11.5. The second-order valence-corrected chi connectivity index (χ2v) is 6.19. The number of thiocarbonyl (C=S) groups is 2. The molecule has 11 heteroatoms. The first-order valence-corrected chi connectivity index (χ1v) is 8.31. The van der Waals surface area contributed by atoms with E-state index < -0.39 is 4.92 Å². The summed E-state index contributed by atoms with van der Waals surface area (Å²) in [6.07, 6.45) is 2.23. The number of nitro benzene ring substituents is 1. The normalized spacial score (nSPS) is 16.3. The summed E-state index contributed by atoms with van der Waals surface area (Å²) in [6.45, 7) is 1.40. The average molecular weight is 390 g/mol. The molecule has 1 aliphatic heterocycles. The summed E-state index contributed by atoms with van der Waals surface area (Å²) in [5.41, 5.74) is 5.63. The van der Waals surface area contributed by atoms with Gasteiger partial charge < -0.3 is 15.4 Å². The summed E-state index contributed by atoms with van der Waals surface area (Å²) in [5.74, 6) is 0. The summed E-state index contributed by atoms with van der Waals surface area (Å²) >= 11 is 16.2. The van der Waals surface area contributed by atoms with Crippen LogP contribution in [0, 0.1) is 10.1 Å². The summed E-state index contributed by atoms with van der Waals surface area (Å²) in [4.78, 5) is 10.3. The fraction of sp³-hybridized carbons (Fsp3) is 0.385. The zero-order valence-corrected chi connectivity index (χ0v) is 14.9. The highest BCUT2D eigenvalue weighted by Gasteiger charge is 2.15. The number of ether oxygens (including phenoxy) is 1. The third-order valence-corrected chi connectivity index (χ3v) is 3.99. The summed E-state index contributed by atoms with van der Waals surface area (Å²) in [5, 5.41) is 17.4. The molecule has 0 amide bonds. The van der Waals surface area contributed by atoms with Crippen LogP contribution in [0.5, 0.6) is 0 Å². The van der Waals surface area contributed by atoms with Gasteiger partial charge in [0.2, 0.25) is 0 Å². The van der Waals surface area contributed by atoms with Gasteiger partial charge in [0.05, 0.1) is 21.7 Å². The van der Waals surface area contributed by atoms with Crippen molar-refractivity contribution in [2.24, 2.45) is 0 Å². The van der Waals surface area contributed by atoms with Crippen molar-refractivity contribution in [3.8, 4) is 0 Å². The molecule has 0 spiro atoms. The van der Waals surface area contributed by atoms with Gasteiger partial charge >= 0.3 is 0 Å². The molecule has 8 nitrogen and oxygen atoms in total. The molecule has 1 aromatic rings. The van der Waals surface area contributed by atoms with Gasteiger partial charge in [-0.2, -0.15) is 0 Å². The lowest BCUT2D eigenvalue weighted by Gasteiger charge is -2.16.